The first-order chi connectivity index (χ1) is 10.1. The highest BCUT2D eigenvalue weighted by molar-refractivity contribution is 7.09. The summed E-state index contributed by atoms with van der Waals surface area (Å²) in [6, 6.07) is 0. The minimum atomic E-state index is 0.207. The fourth-order valence-electron chi connectivity index (χ4n) is 2.92. The van der Waals surface area contributed by atoms with Crippen molar-refractivity contribution in [2.75, 3.05) is 26.7 Å². The Balaban J connectivity index is 1.53. The summed E-state index contributed by atoms with van der Waals surface area (Å²) in [6.45, 7) is 5.14. The van der Waals surface area contributed by atoms with E-state index in [2.05, 4.69) is 27.6 Å². The van der Waals surface area contributed by atoms with Crippen molar-refractivity contribution in [1.29, 1.82) is 0 Å². The summed E-state index contributed by atoms with van der Waals surface area (Å²) in [5.74, 6) is 0.909. The zero-order valence-corrected chi connectivity index (χ0v) is 14.0. The molecule has 1 N–H and O–H groups in total. The van der Waals surface area contributed by atoms with Gasteiger partial charge in [-0.15, -0.1) is 11.3 Å². The van der Waals surface area contributed by atoms with Crippen LogP contribution in [0.15, 0.2) is 5.38 Å². The van der Waals surface area contributed by atoms with E-state index in [0.29, 0.717) is 12.3 Å². The molecule has 1 saturated heterocycles. The van der Waals surface area contributed by atoms with Crippen molar-refractivity contribution in [2.24, 2.45) is 5.92 Å². The highest BCUT2D eigenvalue weighted by Gasteiger charge is 2.17. The van der Waals surface area contributed by atoms with Crippen LogP contribution in [0.5, 0.6) is 0 Å². The minimum Gasteiger partial charge on any atom is -0.356 e. The third-order valence-corrected chi connectivity index (χ3v) is 5.08. The van der Waals surface area contributed by atoms with Crippen LogP contribution in [0.4, 0.5) is 0 Å². The van der Waals surface area contributed by atoms with Crippen LogP contribution in [-0.4, -0.2) is 42.5 Å². The van der Waals surface area contributed by atoms with Crippen molar-refractivity contribution in [3.8, 4) is 0 Å². The van der Waals surface area contributed by atoms with Gasteiger partial charge in [-0.05, 0) is 52.1 Å². The average molecular weight is 309 g/mol. The average Bonchev–Trinajstić information content (AvgIpc) is 2.87. The van der Waals surface area contributed by atoms with Gasteiger partial charge in [0.05, 0.1) is 5.01 Å². The number of thiazole rings is 1. The predicted octanol–water partition coefficient (Wildman–Crippen LogP) is 2.62. The SMILES string of the molecule is Cc1csc(CCCNC(=O)CCC2CCCN(C)C2)n1. The van der Waals surface area contributed by atoms with Gasteiger partial charge in [0.25, 0.3) is 0 Å². The normalized spacial score (nSPS) is 19.6. The maximum atomic E-state index is 11.8. The number of carbonyl (C=O) groups is 1. The Labute approximate surface area is 132 Å². The summed E-state index contributed by atoms with van der Waals surface area (Å²) in [4.78, 5) is 18.7. The molecule has 1 aromatic heterocycles. The molecule has 0 radical (unpaired) electrons. The molecule has 2 rings (SSSR count). The van der Waals surface area contributed by atoms with E-state index in [-0.39, 0.29) is 5.91 Å². The first-order valence-electron chi connectivity index (χ1n) is 7.99. The smallest absolute Gasteiger partial charge is 0.220 e. The number of aromatic nitrogens is 1. The van der Waals surface area contributed by atoms with E-state index < -0.39 is 0 Å². The van der Waals surface area contributed by atoms with Gasteiger partial charge in [-0.1, -0.05) is 0 Å². The van der Waals surface area contributed by atoms with Crippen LogP contribution in [0.1, 0.15) is 42.8 Å². The van der Waals surface area contributed by atoms with E-state index in [4.69, 9.17) is 0 Å². The molecule has 1 unspecified atom stereocenters. The maximum absolute atomic E-state index is 11.8. The second kappa shape index (κ2) is 8.49. The molecule has 21 heavy (non-hydrogen) atoms. The van der Waals surface area contributed by atoms with Crippen molar-refractivity contribution in [3.05, 3.63) is 16.1 Å². The fraction of sp³-hybridized carbons (Fsp3) is 0.750. The van der Waals surface area contributed by atoms with Gasteiger partial charge in [-0.25, -0.2) is 4.98 Å². The van der Waals surface area contributed by atoms with Gasteiger partial charge in [-0.2, -0.15) is 0 Å². The monoisotopic (exact) mass is 309 g/mol. The number of carbonyl (C=O) groups excluding carboxylic acids is 1. The second-order valence-corrected chi connectivity index (χ2v) is 7.09. The van der Waals surface area contributed by atoms with Crippen LogP contribution in [0, 0.1) is 12.8 Å². The second-order valence-electron chi connectivity index (χ2n) is 6.15. The van der Waals surface area contributed by atoms with Gasteiger partial charge < -0.3 is 10.2 Å². The largest absolute Gasteiger partial charge is 0.356 e. The zero-order chi connectivity index (χ0) is 15.1. The van der Waals surface area contributed by atoms with Gasteiger partial charge in [0.2, 0.25) is 5.91 Å². The van der Waals surface area contributed by atoms with E-state index in [1.165, 1.54) is 24.4 Å². The standard InChI is InChI=1S/C16H27N3OS/c1-13-12-21-16(18-13)6-3-9-17-15(20)8-7-14-5-4-10-19(2)11-14/h12,14H,3-11H2,1-2H3,(H,17,20). The van der Waals surface area contributed by atoms with Crippen LogP contribution in [0.25, 0.3) is 0 Å². The van der Waals surface area contributed by atoms with Crippen molar-refractivity contribution in [3.63, 3.8) is 0 Å². The number of likely N-dealkylation sites (tertiary alicyclic amines) is 1. The number of nitrogens with zero attached hydrogens (tertiary/aromatic N) is 2. The number of piperidine rings is 1. The highest BCUT2D eigenvalue weighted by atomic mass is 32.1. The molecule has 1 aliphatic rings. The Morgan fingerprint density at radius 3 is 3.14 bits per heavy atom. The van der Waals surface area contributed by atoms with Crippen LogP contribution < -0.4 is 5.32 Å². The lowest BCUT2D eigenvalue weighted by molar-refractivity contribution is -0.121. The van der Waals surface area contributed by atoms with Gasteiger partial charge in [0, 0.05) is 37.0 Å². The summed E-state index contributed by atoms with van der Waals surface area (Å²) < 4.78 is 0. The van der Waals surface area contributed by atoms with Crippen LogP contribution >= 0.6 is 11.3 Å². The number of hydrogen-bond acceptors (Lipinski definition) is 4. The highest BCUT2D eigenvalue weighted by Crippen LogP contribution is 2.19. The maximum Gasteiger partial charge on any atom is 0.220 e. The Morgan fingerprint density at radius 1 is 1.57 bits per heavy atom. The van der Waals surface area contributed by atoms with Crippen LogP contribution in [-0.2, 0) is 11.2 Å². The third-order valence-electron chi connectivity index (χ3n) is 4.06. The Bertz CT molecular complexity index is 446. The summed E-state index contributed by atoms with van der Waals surface area (Å²) in [6.07, 6.45) is 6.20. The van der Waals surface area contributed by atoms with Gasteiger partial charge in [0.15, 0.2) is 0 Å². The van der Waals surface area contributed by atoms with Crippen LogP contribution in [0.2, 0.25) is 0 Å². The molecule has 0 saturated carbocycles. The van der Waals surface area contributed by atoms with Crippen molar-refractivity contribution >= 4 is 17.2 Å². The third kappa shape index (κ3) is 6.14. The lowest BCUT2D eigenvalue weighted by atomic mass is 9.93. The Morgan fingerprint density at radius 2 is 2.43 bits per heavy atom. The van der Waals surface area contributed by atoms with Gasteiger partial charge in [0.1, 0.15) is 0 Å². The molecule has 0 aliphatic carbocycles. The van der Waals surface area contributed by atoms with E-state index in [9.17, 15) is 4.79 Å². The van der Waals surface area contributed by atoms with Crippen molar-refractivity contribution in [2.45, 2.75) is 45.4 Å². The molecule has 1 fully saturated rings. The lowest BCUT2D eigenvalue weighted by Gasteiger charge is -2.29. The first-order valence-corrected chi connectivity index (χ1v) is 8.87. The van der Waals surface area contributed by atoms with E-state index in [1.807, 2.05) is 6.92 Å². The van der Waals surface area contributed by atoms with Crippen molar-refractivity contribution in [1.82, 2.24) is 15.2 Å². The zero-order valence-electron chi connectivity index (χ0n) is 13.2. The molecular weight excluding hydrogens is 282 g/mol. The predicted molar refractivity (Wildman–Crippen MR) is 87.6 cm³/mol. The number of aryl methyl sites for hydroxylation is 2. The summed E-state index contributed by atoms with van der Waals surface area (Å²) >= 11 is 1.71. The molecule has 1 aliphatic heterocycles. The molecule has 1 aromatic rings. The number of hydrogen-bond donors (Lipinski definition) is 1. The molecule has 4 nitrogen and oxygen atoms in total. The van der Waals surface area contributed by atoms with Gasteiger partial charge in [-0.3, -0.25) is 4.79 Å². The molecule has 118 valence electrons. The summed E-state index contributed by atoms with van der Waals surface area (Å²) in [5, 5.41) is 6.29. The molecule has 0 aromatic carbocycles. The van der Waals surface area contributed by atoms with Crippen molar-refractivity contribution < 1.29 is 4.79 Å². The fourth-order valence-corrected chi connectivity index (χ4v) is 3.74. The molecule has 1 atom stereocenters. The first kappa shape index (κ1) is 16.4. The molecule has 1 amide bonds. The summed E-state index contributed by atoms with van der Waals surface area (Å²) in [7, 11) is 2.17. The number of nitrogens with one attached hydrogen (secondary N) is 1. The molecular formula is C16H27N3OS. The van der Waals surface area contributed by atoms with Gasteiger partial charge >= 0.3 is 0 Å². The Kier molecular flexibility index (Phi) is 6.64. The molecule has 2 heterocycles. The quantitative estimate of drug-likeness (QED) is 0.788. The topological polar surface area (TPSA) is 45.2 Å². The van der Waals surface area contributed by atoms with E-state index in [1.54, 1.807) is 11.3 Å². The van der Waals surface area contributed by atoms with Crippen LogP contribution in [0.3, 0.4) is 0 Å². The van der Waals surface area contributed by atoms with E-state index in [0.717, 1.165) is 38.0 Å². The van der Waals surface area contributed by atoms with E-state index >= 15 is 0 Å². The number of amides is 1. The molecule has 0 spiro atoms. The molecule has 0 bridgehead atoms. The minimum absolute atomic E-state index is 0.207. The number of rotatable bonds is 7. The molecule has 5 heteroatoms. The Hall–Kier alpha value is -0.940. The summed E-state index contributed by atoms with van der Waals surface area (Å²) in [5.41, 5.74) is 1.09. The lowest BCUT2D eigenvalue weighted by Crippen LogP contribution is -2.33.